The van der Waals surface area contributed by atoms with E-state index in [1.54, 1.807) is 18.3 Å². The quantitative estimate of drug-likeness (QED) is 0.836. The second kappa shape index (κ2) is 6.97. The number of amides is 1. The van der Waals surface area contributed by atoms with Crippen molar-refractivity contribution in [2.45, 2.75) is 44.2 Å². The Bertz CT molecular complexity index is 593. The van der Waals surface area contributed by atoms with Gasteiger partial charge in [-0.15, -0.1) is 0 Å². The van der Waals surface area contributed by atoms with E-state index in [1.807, 2.05) is 4.90 Å². The number of fused-ring (bicyclic) bond motifs is 1. The Morgan fingerprint density at radius 1 is 1.35 bits per heavy atom. The van der Waals surface area contributed by atoms with E-state index in [2.05, 4.69) is 26.2 Å². The van der Waals surface area contributed by atoms with Crippen molar-refractivity contribution in [1.82, 2.24) is 9.88 Å². The number of halogens is 1. The van der Waals surface area contributed by atoms with Crippen LogP contribution in [-0.2, 0) is 9.59 Å². The van der Waals surface area contributed by atoms with Gasteiger partial charge in [-0.25, -0.2) is 4.98 Å². The Balaban J connectivity index is 1.67. The zero-order valence-electron chi connectivity index (χ0n) is 12.7. The summed E-state index contributed by atoms with van der Waals surface area (Å²) in [4.78, 5) is 29.8. The maximum Gasteiger partial charge on any atom is 0.320 e. The van der Waals surface area contributed by atoms with E-state index in [4.69, 9.17) is 0 Å². The minimum absolute atomic E-state index is 0.107. The summed E-state index contributed by atoms with van der Waals surface area (Å²) >= 11 is 3.30. The molecule has 0 bridgehead atoms. The second-order valence-electron chi connectivity index (χ2n) is 6.28. The molecule has 2 heterocycles. The lowest BCUT2D eigenvalue weighted by molar-refractivity contribution is -0.143. The fourth-order valence-electron chi connectivity index (χ4n) is 3.82. The monoisotopic (exact) mass is 381 g/mol. The summed E-state index contributed by atoms with van der Waals surface area (Å²) in [6, 6.07) is 3.18. The van der Waals surface area contributed by atoms with Gasteiger partial charge in [0.05, 0.1) is 6.54 Å². The van der Waals surface area contributed by atoms with Crippen molar-refractivity contribution in [3.8, 4) is 0 Å². The van der Waals surface area contributed by atoms with E-state index in [1.165, 1.54) is 0 Å². The molecule has 0 spiro atoms. The standard InChI is InChI=1S/C16H20BrN3O3/c17-11-5-6-14(18-8-11)19-15(21)9-20-12-4-2-1-3-10(12)7-13(20)16(22)23/h5-6,8,10,12-13H,1-4,7,9H2,(H,22,23)(H,18,19,21). The highest BCUT2D eigenvalue weighted by atomic mass is 79.9. The van der Waals surface area contributed by atoms with Crippen molar-refractivity contribution in [1.29, 1.82) is 0 Å². The molecule has 2 fully saturated rings. The van der Waals surface area contributed by atoms with E-state index >= 15 is 0 Å². The predicted octanol–water partition coefficient (Wildman–Crippen LogP) is 2.50. The first-order valence-electron chi connectivity index (χ1n) is 7.94. The molecule has 3 rings (SSSR count). The zero-order chi connectivity index (χ0) is 16.4. The molecule has 1 aromatic heterocycles. The van der Waals surface area contributed by atoms with E-state index in [-0.39, 0.29) is 18.5 Å². The van der Waals surface area contributed by atoms with Gasteiger partial charge in [-0.2, -0.15) is 0 Å². The van der Waals surface area contributed by atoms with Crippen molar-refractivity contribution in [2.75, 3.05) is 11.9 Å². The molecule has 124 valence electrons. The van der Waals surface area contributed by atoms with Gasteiger partial charge in [-0.3, -0.25) is 14.5 Å². The highest BCUT2D eigenvalue weighted by Gasteiger charge is 2.45. The fourth-order valence-corrected chi connectivity index (χ4v) is 4.06. The number of aromatic nitrogens is 1. The Morgan fingerprint density at radius 3 is 2.83 bits per heavy atom. The summed E-state index contributed by atoms with van der Waals surface area (Å²) in [7, 11) is 0. The molecule has 1 aliphatic carbocycles. The Kier molecular flexibility index (Phi) is 4.96. The van der Waals surface area contributed by atoms with Crippen LogP contribution in [0.2, 0.25) is 0 Å². The molecule has 2 aliphatic rings. The van der Waals surface area contributed by atoms with Crippen LogP contribution >= 0.6 is 15.9 Å². The molecule has 1 amide bonds. The molecule has 1 aromatic rings. The first kappa shape index (κ1) is 16.4. The first-order chi connectivity index (χ1) is 11.0. The molecule has 3 unspecified atom stereocenters. The summed E-state index contributed by atoms with van der Waals surface area (Å²) in [5.41, 5.74) is 0. The lowest BCUT2D eigenvalue weighted by atomic mass is 9.85. The van der Waals surface area contributed by atoms with Gasteiger partial charge in [-0.1, -0.05) is 12.8 Å². The predicted molar refractivity (Wildman–Crippen MR) is 89.1 cm³/mol. The van der Waals surface area contributed by atoms with Crippen LogP contribution in [0, 0.1) is 5.92 Å². The molecule has 23 heavy (non-hydrogen) atoms. The van der Waals surface area contributed by atoms with Crippen LogP contribution < -0.4 is 5.32 Å². The molecule has 0 radical (unpaired) electrons. The number of hydrogen-bond acceptors (Lipinski definition) is 4. The molecule has 7 heteroatoms. The lowest BCUT2D eigenvalue weighted by Gasteiger charge is -2.32. The average molecular weight is 382 g/mol. The van der Waals surface area contributed by atoms with Crippen LogP contribution in [-0.4, -0.2) is 45.5 Å². The number of rotatable bonds is 4. The zero-order valence-corrected chi connectivity index (χ0v) is 14.3. The number of anilines is 1. The molecular formula is C16H20BrN3O3. The van der Waals surface area contributed by atoms with Crippen LogP contribution in [0.3, 0.4) is 0 Å². The van der Waals surface area contributed by atoms with Gasteiger partial charge in [0.15, 0.2) is 0 Å². The molecular weight excluding hydrogens is 362 g/mol. The topological polar surface area (TPSA) is 82.5 Å². The van der Waals surface area contributed by atoms with Crippen LogP contribution in [0.1, 0.15) is 32.1 Å². The number of likely N-dealkylation sites (tertiary alicyclic amines) is 1. The van der Waals surface area contributed by atoms with E-state index in [0.717, 1.165) is 30.2 Å². The molecule has 1 aliphatic heterocycles. The van der Waals surface area contributed by atoms with Crippen molar-refractivity contribution in [3.05, 3.63) is 22.8 Å². The highest BCUT2D eigenvalue weighted by Crippen LogP contribution is 2.39. The SMILES string of the molecule is O=C(CN1C(C(=O)O)CC2CCCCC21)Nc1ccc(Br)cn1. The fraction of sp³-hybridized carbons (Fsp3) is 0.562. The summed E-state index contributed by atoms with van der Waals surface area (Å²) in [6.07, 6.45) is 6.60. The minimum atomic E-state index is -0.825. The third kappa shape index (κ3) is 3.72. The number of carbonyl (C=O) groups is 2. The minimum Gasteiger partial charge on any atom is -0.480 e. The first-order valence-corrected chi connectivity index (χ1v) is 8.74. The molecule has 1 saturated heterocycles. The van der Waals surface area contributed by atoms with Crippen LogP contribution in [0.4, 0.5) is 5.82 Å². The number of carboxylic acid groups (broad SMARTS) is 1. The van der Waals surface area contributed by atoms with Crippen molar-refractivity contribution in [2.24, 2.45) is 5.92 Å². The second-order valence-corrected chi connectivity index (χ2v) is 7.20. The summed E-state index contributed by atoms with van der Waals surface area (Å²) in [5.74, 6) is -0.154. The molecule has 6 nitrogen and oxygen atoms in total. The lowest BCUT2D eigenvalue weighted by Crippen LogP contribution is -2.46. The molecule has 3 atom stereocenters. The van der Waals surface area contributed by atoms with Gasteiger partial charge >= 0.3 is 5.97 Å². The maximum absolute atomic E-state index is 12.3. The summed E-state index contributed by atoms with van der Waals surface area (Å²) in [6.45, 7) is 0.107. The summed E-state index contributed by atoms with van der Waals surface area (Å²) in [5, 5.41) is 12.2. The average Bonchev–Trinajstić information content (AvgIpc) is 2.89. The van der Waals surface area contributed by atoms with Crippen LogP contribution in [0.15, 0.2) is 22.8 Å². The number of nitrogens with zero attached hydrogens (tertiary/aromatic N) is 2. The highest BCUT2D eigenvalue weighted by molar-refractivity contribution is 9.10. The van der Waals surface area contributed by atoms with Crippen molar-refractivity contribution in [3.63, 3.8) is 0 Å². The Morgan fingerprint density at radius 2 is 2.13 bits per heavy atom. The van der Waals surface area contributed by atoms with Gasteiger partial charge in [0.25, 0.3) is 0 Å². The van der Waals surface area contributed by atoms with Gasteiger partial charge < -0.3 is 10.4 Å². The molecule has 1 saturated carbocycles. The smallest absolute Gasteiger partial charge is 0.320 e. The van der Waals surface area contributed by atoms with Gasteiger partial charge in [0.2, 0.25) is 5.91 Å². The normalized spacial score (nSPS) is 27.4. The Labute approximate surface area is 143 Å². The summed E-state index contributed by atoms with van der Waals surface area (Å²) < 4.78 is 0.839. The van der Waals surface area contributed by atoms with Gasteiger partial charge in [-0.05, 0) is 53.2 Å². The number of hydrogen-bond donors (Lipinski definition) is 2. The number of carboxylic acids is 1. The van der Waals surface area contributed by atoms with Crippen molar-refractivity contribution < 1.29 is 14.7 Å². The third-order valence-electron chi connectivity index (χ3n) is 4.83. The largest absolute Gasteiger partial charge is 0.480 e. The number of nitrogens with one attached hydrogen (secondary N) is 1. The van der Waals surface area contributed by atoms with Gasteiger partial charge in [0, 0.05) is 16.7 Å². The molecule has 2 N–H and O–H groups in total. The van der Waals surface area contributed by atoms with Crippen LogP contribution in [0.25, 0.3) is 0 Å². The van der Waals surface area contributed by atoms with E-state index in [0.29, 0.717) is 18.2 Å². The third-order valence-corrected chi connectivity index (χ3v) is 5.30. The van der Waals surface area contributed by atoms with Crippen molar-refractivity contribution >= 4 is 33.6 Å². The number of pyridine rings is 1. The van der Waals surface area contributed by atoms with Gasteiger partial charge in [0.1, 0.15) is 11.9 Å². The van der Waals surface area contributed by atoms with E-state index < -0.39 is 12.0 Å². The number of aliphatic carboxylic acids is 1. The maximum atomic E-state index is 12.3. The Hall–Kier alpha value is -1.47. The van der Waals surface area contributed by atoms with Crippen LogP contribution in [0.5, 0.6) is 0 Å². The number of carbonyl (C=O) groups excluding carboxylic acids is 1. The van der Waals surface area contributed by atoms with E-state index in [9.17, 15) is 14.7 Å². The molecule has 0 aromatic carbocycles.